The topological polar surface area (TPSA) is 111 Å². The molecule has 7 nitrogen and oxygen atoms in total. The van der Waals surface area contributed by atoms with E-state index in [9.17, 15) is 19.5 Å². The summed E-state index contributed by atoms with van der Waals surface area (Å²) in [6.45, 7) is 2.20. The van der Waals surface area contributed by atoms with Crippen LogP contribution in [0.15, 0.2) is 29.1 Å². The van der Waals surface area contributed by atoms with Crippen LogP contribution in [0.25, 0.3) is 10.9 Å². The maximum Gasteiger partial charge on any atom is 0.313 e. The van der Waals surface area contributed by atoms with Gasteiger partial charge in [-0.3, -0.25) is 14.4 Å². The average Bonchev–Trinajstić information content (AvgIpc) is 2.48. The summed E-state index contributed by atoms with van der Waals surface area (Å²) < 4.78 is 0. The summed E-state index contributed by atoms with van der Waals surface area (Å²) in [4.78, 5) is 37.5. The molecule has 2 amide bonds. The smallest absolute Gasteiger partial charge is 0.313 e. The molecule has 0 unspecified atom stereocenters. The van der Waals surface area contributed by atoms with Gasteiger partial charge in [0.25, 0.3) is 5.56 Å². The molecule has 0 saturated heterocycles. The van der Waals surface area contributed by atoms with E-state index < -0.39 is 17.4 Å². The molecule has 0 radical (unpaired) electrons. The fraction of sp³-hybridized carbons (Fsp3) is 0.214. The highest BCUT2D eigenvalue weighted by Gasteiger charge is 2.18. The van der Waals surface area contributed by atoms with Gasteiger partial charge in [-0.2, -0.15) is 0 Å². The number of benzene rings is 1. The van der Waals surface area contributed by atoms with Crippen LogP contribution in [0.3, 0.4) is 0 Å². The molecule has 0 atom stereocenters. The molecular formula is C14H15N3O4. The molecule has 0 bridgehead atoms. The molecule has 21 heavy (non-hydrogen) atoms. The Morgan fingerprint density at radius 3 is 2.67 bits per heavy atom. The number of nitrogens with one attached hydrogen (secondary N) is 3. The Balaban J connectivity index is 2.32. The fourth-order valence-corrected chi connectivity index (χ4v) is 1.83. The molecule has 1 aromatic carbocycles. The molecule has 0 saturated carbocycles. The van der Waals surface area contributed by atoms with E-state index in [1.807, 2.05) is 6.92 Å². The molecule has 4 N–H and O–H groups in total. The number of carbonyl (C=O) groups excluding carboxylic acids is 2. The molecule has 0 spiro atoms. The minimum atomic E-state index is -1.00. The van der Waals surface area contributed by atoms with Crippen LogP contribution in [-0.2, 0) is 9.59 Å². The van der Waals surface area contributed by atoms with Crippen molar-refractivity contribution >= 4 is 28.4 Å². The van der Waals surface area contributed by atoms with Crippen molar-refractivity contribution in [3.05, 3.63) is 34.6 Å². The van der Waals surface area contributed by atoms with E-state index in [2.05, 4.69) is 15.6 Å². The normalized spacial score (nSPS) is 10.3. The van der Waals surface area contributed by atoms with Gasteiger partial charge < -0.3 is 20.7 Å². The first kappa shape index (κ1) is 14.6. The number of aromatic nitrogens is 1. The third-order valence-corrected chi connectivity index (χ3v) is 2.87. The van der Waals surface area contributed by atoms with Crippen LogP contribution < -0.4 is 16.2 Å². The van der Waals surface area contributed by atoms with Crippen molar-refractivity contribution in [3.8, 4) is 5.75 Å². The number of carbonyl (C=O) groups is 2. The highest BCUT2D eigenvalue weighted by atomic mass is 16.3. The third kappa shape index (κ3) is 3.02. The summed E-state index contributed by atoms with van der Waals surface area (Å²) in [6.07, 6.45) is 0.681. The summed E-state index contributed by atoms with van der Waals surface area (Å²) in [7, 11) is 0. The van der Waals surface area contributed by atoms with Crippen molar-refractivity contribution in [2.75, 3.05) is 11.9 Å². The van der Waals surface area contributed by atoms with Gasteiger partial charge in [-0.25, -0.2) is 0 Å². The molecule has 110 valence electrons. The number of H-pyrrole nitrogens is 1. The van der Waals surface area contributed by atoms with Crippen LogP contribution in [0, 0.1) is 0 Å². The molecule has 2 aromatic rings. The van der Waals surface area contributed by atoms with Crippen LogP contribution in [0.5, 0.6) is 5.75 Å². The van der Waals surface area contributed by atoms with Gasteiger partial charge in [0.2, 0.25) is 0 Å². The summed E-state index contributed by atoms with van der Waals surface area (Å²) in [5.74, 6) is -2.23. The number of hydrogen-bond donors (Lipinski definition) is 4. The minimum absolute atomic E-state index is 0.342. The monoisotopic (exact) mass is 289 g/mol. The van der Waals surface area contributed by atoms with Gasteiger partial charge in [0.1, 0.15) is 0 Å². The Morgan fingerprint density at radius 2 is 1.95 bits per heavy atom. The number of hydrogen-bond acceptors (Lipinski definition) is 4. The lowest BCUT2D eigenvalue weighted by Gasteiger charge is -2.08. The predicted octanol–water partition coefficient (Wildman–Crippen LogP) is 0.698. The molecule has 7 heteroatoms. The van der Waals surface area contributed by atoms with Crippen LogP contribution in [0.1, 0.15) is 13.3 Å². The highest BCUT2D eigenvalue weighted by Crippen LogP contribution is 2.27. The van der Waals surface area contributed by atoms with Gasteiger partial charge in [0.15, 0.2) is 11.4 Å². The number of pyridine rings is 1. The van der Waals surface area contributed by atoms with Crippen molar-refractivity contribution in [2.45, 2.75) is 13.3 Å². The second-order valence-electron chi connectivity index (χ2n) is 4.43. The first-order valence-corrected chi connectivity index (χ1v) is 6.47. The second kappa shape index (κ2) is 6.08. The Labute approximate surface area is 120 Å². The Hall–Kier alpha value is -2.83. The molecule has 1 aromatic heterocycles. The molecule has 0 aliphatic rings. The van der Waals surface area contributed by atoms with Crippen LogP contribution in [0.4, 0.5) is 5.69 Å². The Kier molecular flexibility index (Phi) is 4.22. The lowest BCUT2D eigenvalue weighted by atomic mass is 10.2. The lowest BCUT2D eigenvalue weighted by molar-refractivity contribution is -0.136. The number of anilines is 1. The SMILES string of the molecule is CCCNC(=O)C(=O)Nc1c(O)c2ccccc2[nH]c1=O. The van der Waals surface area contributed by atoms with Crippen molar-refractivity contribution in [1.29, 1.82) is 0 Å². The zero-order chi connectivity index (χ0) is 15.4. The molecular weight excluding hydrogens is 274 g/mol. The number of aromatic amines is 1. The zero-order valence-corrected chi connectivity index (χ0v) is 11.4. The van der Waals surface area contributed by atoms with Crippen LogP contribution >= 0.6 is 0 Å². The molecule has 1 heterocycles. The Bertz CT molecular complexity index is 751. The largest absolute Gasteiger partial charge is 0.505 e. The van der Waals surface area contributed by atoms with Crippen molar-refractivity contribution in [3.63, 3.8) is 0 Å². The van der Waals surface area contributed by atoms with E-state index in [1.54, 1.807) is 24.3 Å². The second-order valence-corrected chi connectivity index (χ2v) is 4.43. The van der Waals surface area contributed by atoms with Crippen molar-refractivity contribution < 1.29 is 14.7 Å². The maximum absolute atomic E-state index is 11.9. The van der Waals surface area contributed by atoms with Crippen LogP contribution in [-0.4, -0.2) is 28.4 Å². The number of amides is 2. The summed E-state index contributed by atoms with van der Waals surface area (Å²) in [5, 5.41) is 15.0. The van der Waals surface area contributed by atoms with Gasteiger partial charge in [0.05, 0.1) is 5.52 Å². The van der Waals surface area contributed by atoms with Crippen molar-refractivity contribution in [2.24, 2.45) is 0 Å². The van der Waals surface area contributed by atoms with E-state index in [-0.39, 0.29) is 11.4 Å². The van der Waals surface area contributed by atoms with Gasteiger partial charge >= 0.3 is 11.8 Å². The van der Waals surface area contributed by atoms with Gasteiger partial charge in [-0.05, 0) is 18.6 Å². The first-order valence-electron chi connectivity index (χ1n) is 6.47. The zero-order valence-electron chi connectivity index (χ0n) is 11.4. The Morgan fingerprint density at radius 1 is 1.24 bits per heavy atom. The standard InChI is InChI=1S/C14H15N3O4/c1-2-7-15-13(20)14(21)17-10-11(18)8-5-3-4-6-9(8)16-12(10)19/h3-6H,2,7H2,1H3,(H,15,20)(H,17,21)(H2,16,18,19). The lowest BCUT2D eigenvalue weighted by Crippen LogP contribution is -2.36. The summed E-state index contributed by atoms with van der Waals surface area (Å²) in [5.41, 5.74) is -0.582. The quantitative estimate of drug-likeness (QED) is 0.623. The van der Waals surface area contributed by atoms with E-state index in [0.29, 0.717) is 23.9 Å². The van der Waals surface area contributed by atoms with E-state index >= 15 is 0 Å². The van der Waals surface area contributed by atoms with Gasteiger partial charge in [-0.1, -0.05) is 19.1 Å². The van der Waals surface area contributed by atoms with Gasteiger partial charge in [0, 0.05) is 11.9 Å². The number of fused-ring (bicyclic) bond motifs is 1. The maximum atomic E-state index is 11.9. The molecule has 0 aliphatic heterocycles. The summed E-state index contributed by atoms with van der Waals surface area (Å²) in [6, 6.07) is 6.59. The van der Waals surface area contributed by atoms with Crippen molar-refractivity contribution in [1.82, 2.24) is 10.3 Å². The van der Waals surface area contributed by atoms with E-state index in [4.69, 9.17) is 0 Å². The minimum Gasteiger partial charge on any atom is -0.505 e. The highest BCUT2D eigenvalue weighted by molar-refractivity contribution is 6.39. The number of aromatic hydroxyl groups is 1. The molecule has 0 aliphatic carbocycles. The summed E-state index contributed by atoms with van der Waals surface area (Å²) >= 11 is 0. The molecule has 0 fully saturated rings. The van der Waals surface area contributed by atoms with Crippen LogP contribution in [0.2, 0.25) is 0 Å². The van der Waals surface area contributed by atoms with E-state index in [1.165, 1.54) is 0 Å². The fourth-order valence-electron chi connectivity index (χ4n) is 1.83. The van der Waals surface area contributed by atoms with E-state index in [0.717, 1.165) is 0 Å². The first-order chi connectivity index (χ1) is 10.0. The predicted molar refractivity (Wildman–Crippen MR) is 78.2 cm³/mol. The average molecular weight is 289 g/mol. The number of para-hydroxylation sites is 1. The number of rotatable bonds is 3. The molecule has 2 rings (SSSR count). The third-order valence-electron chi connectivity index (χ3n) is 2.87. The van der Waals surface area contributed by atoms with Gasteiger partial charge in [-0.15, -0.1) is 0 Å².